The smallest absolute Gasteiger partial charge is 0.284 e. The van der Waals surface area contributed by atoms with Crippen molar-refractivity contribution in [3.63, 3.8) is 0 Å². The molecular weight excluding hydrogens is 428 g/mol. The predicted octanol–water partition coefficient (Wildman–Crippen LogP) is -0.473. The van der Waals surface area contributed by atoms with Crippen LogP contribution in [0.4, 0.5) is 5.69 Å². The number of nitrogens with two attached hydrogens (primary N) is 1. The molecule has 1 amide bonds. The fraction of sp³-hybridized carbons (Fsp3) is 0.211. The lowest BCUT2D eigenvalue weighted by atomic mass is 10.2. The minimum absolute atomic E-state index is 0.0544. The quantitative estimate of drug-likeness (QED) is 0.197. The molecule has 0 unspecified atom stereocenters. The van der Waals surface area contributed by atoms with Crippen LogP contribution in [0.15, 0.2) is 53.4 Å². The van der Waals surface area contributed by atoms with Crippen molar-refractivity contribution in [3.8, 4) is 0 Å². The van der Waals surface area contributed by atoms with Crippen LogP contribution in [0.25, 0.3) is 0 Å². The molecule has 31 heavy (non-hydrogen) atoms. The number of amidine groups is 1. The van der Waals surface area contributed by atoms with Gasteiger partial charge in [-0.05, 0) is 31.5 Å². The van der Waals surface area contributed by atoms with Gasteiger partial charge in [-0.15, -0.1) is 0 Å². The molecule has 0 spiro atoms. The molecule has 3 rings (SSSR count). The molecule has 0 aromatic heterocycles. The number of hydrogen-bond donors (Lipinski definition) is 2. The third kappa shape index (κ3) is 4.53. The minimum Gasteiger partial charge on any atom is -0.284 e. The van der Waals surface area contributed by atoms with E-state index in [9.17, 15) is 28.1 Å². The van der Waals surface area contributed by atoms with E-state index in [0.29, 0.717) is 4.31 Å². The lowest BCUT2D eigenvalue weighted by Crippen LogP contribution is -2.76. The van der Waals surface area contributed by atoms with Gasteiger partial charge in [0.25, 0.3) is 15.7 Å². The molecule has 2 aromatic carbocycles. The zero-order valence-corrected chi connectivity index (χ0v) is 17.2. The van der Waals surface area contributed by atoms with Crippen LogP contribution >= 0.6 is 0 Å². The number of rotatable bonds is 6. The second-order valence-corrected chi connectivity index (χ2v) is 8.62. The van der Waals surface area contributed by atoms with E-state index in [2.05, 4.69) is 5.16 Å². The van der Waals surface area contributed by atoms with E-state index >= 15 is 0 Å². The van der Waals surface area contributed by atoms with Crippen LogP contribution in [0.3, 0.4) is 0 Å². The van der Waals surface area contributed by atoms with Gasteiger partial charge in [0.1, 0.15) is 0 Å². The number of nitrogens with zero attached hydrogens (tertiary/aromatic N) is 2. The first-order valence-electron chi connectivity index (χ1n) is 9.09. The number of amides is 1. The highest BCUT2D eigenvalue weighted by Gasteiger charge is 2.45. The van der Waals surface area contributed by atoms with E-state index in [1.54, 1.807) is 19.1 Å². The van der Waals surface area contributed by atoms with Gasteiger partial charge >= 0.3 is 11.8 Å². The number of non-ortho nitro benzene ring substituents is 1. The summed E-state index contributed by atoms with van der Waals surface area (Å²) in [6.07, 6.45) is -0.198. The first-order valence-corrected chi connectivity index (χ1v) is 10.5. The summed E-state index contributed by atoms with van der Waals surface area (Å²) >= 11 is 0. The van der Waals surface area contributed by atoms with Crippen molar-refractivity contribution >= 4 is 33.4 Å². The number of nitrogens with one attached hydrogen (secondary N) is 1. The van der Waals surface area contributed by atoms with E-state index < -0.39 is 32.9 Å². The van der Waals surface area contributed by atoms with Crippen LogP contribution in [-0.2, 0) is 24.4 Å². The molecule has 0 saturated carbocycles. The molecule has 1 saturated heterocycles. The number of sulfonamides is 1. The van der Waals surface area contributed by atoms with Gasteiger partial charge in [0.15, 0.2) is 6.04 Å². The van der Waals surface area contributed by atoms with Gasteiger partial charge in [0.2, 0.25) is 5.91 Å². The number of carbonyl (C=O) groups excluding carboxylic acids is 2. The number of nitrogen functional groups attached to an aromatic ring is 1. The maximum atomic E-state index is 12.9. The molecular formula is C19H19N4O7S+. The van der Waals surface area contributed by atoms with E-state index in [1.807, 2.05) is 0 Å². The maximum Gasteiger partial charge on any atom is 0.380 e. The first-order chi connectivity index (χ1) is 14.6. The molecule has 11 nitrogen and oxygen atoms in total. The monoisotopic (exact) mass is 447 g/mol. The number of nitro groups is 1. The summed E-state index contributed by atoms with van der Waals surface area (Å²) in [6.45, 7) is 1.78. The van der Waals surface area contributed by atoms with Crippen LogP contribution in [0.2, 0.25) is 0 Å². The van der Waals surface area contributed by atoms with Gasteiger partial charge in [-0.2, -0.15) is 0 Å². The van der Waals surface area contributed by atoms with Crippen molar-refractivity contribution in [1.82, 2.24) is 4.31 Å². The highest BCUT2D eigenvalue weighted by atomic mass is 32.2. The highest BCUT2D eigenvalue weighted by Crippen LogP contribution is 2.27. The average Bonchev–Trinajstić information content (AvgIpc) is 3.14. The van der Waals surface area contributed by atoms with E-state index in [4.69, 9.17) is 10.6 Å². The standard InChI is InChI=1S/C19H18N4O7S/c1-12-5-7-15(8-6-12)31(28,29)22-16(9-10-17(22)24)19(25)30-21-18(20)13-3-2-4-14(11-13)23(26)27/h2-8,11,16H,9-10H2,1H3,(H2,20,21)/p+1/t16-/m0/s1. The van der Waals surface area contributed by atoms with Gasteiger partial charge in [-0.25, -0.2) is 17.5 Å². The molecule has 0 radical (unpaired) electrons. The number of nitro benzene ring substituents is 1. The van der Waals surface area contributed by atoms with Crippen LogP contribution in [0.1, 0.15) is 24.0 Å². The molecule has 0 bridgehead atoms. The Bertz CT molecular complexity index is 1180. The summed E-state index contributed by atoms with van der Waals surface area (Å²) in [5.74, 6) is -1.96. The number of benzene rings is 2. The third-order valence-corrected chi connectivity index (χ3v) is 6.48. The van der Waals surface area contributed by atoms with Crippen molar-refractivity contribution in [2.75, 3.05) is 0 Å². The van der Waals surface area contributed by atoms with E-state index in [-0.39, 0.29) is 34.8 Å². The number of hydrogen-bond acceptors (Lipinski definition) is 7. The average molecular weight is 447 g/mol. The summed E-state index contributed by atoms with van der Waals surface area (Å²) in [5.41, 5.74) is 6.57. The lowest BCUT2D eigenvalue weighted by molar-refractivity contribution is -0.724. The van der Waals surface area contributed by atoms with Crippen LogP contribution < -0.4 is 10.9 Å². The summed E-state index contributed by atoms with van der Waals surface area (Å²) in [7, 11) is -4.26. The van der Waals surface area contributed by atoms with Crippen molar-refractivity contribution in [3.05, 3.63) is 69.8 Å². The Morgan fingerprint density at radius 1 is 1.26 bits per heavy atom. The number of aryl methyl sites for hydroxylation is 1. The van der Waals surface area contributed by atoms with Crippen LogP contribution in [0, 0.1) is 17.0 Å². The molecule has 1 atom stereocenters. The Labute approximate surface area is 177 Å². The maximum absolute atomic E-state index is 12.9. The Balaban J connectivity index is 1.81. The SMILES string of the molecule is Cc1ccc(S(=O)(=O)N2C(=O)CC[C@H]2C(=O)O[NH+]=C(N)c2cccc([N+](=O)[O-])c2)cc1. The van der Waals surface area contributed by atoms with Gasteiger partial charge in [-0.1, -0.05) is 28.9 Å². The zero-order chi connectivity index (χ0) is 22.8. The topological polar surface area (TPSA) is 164 Å². The summed E-state index contributed by atoms with van der Waals surface area (Å²) < 4.78 is 26.3. The largest absolute Gasteiger partial charge is 0.380 e. The first kappa shape index (κ1) is 21.9. The lowest BCUT2D eigenvalue weighted by Gasteiger charge is -2.21. The predicted molar refractivity (Wildman–Crippen MR) is 107 cm³/mol. The van der Waals surface area contributed by atoms with Gasteiger partial charge < -0.3 is 0 Å². The van der Waals surface area contributed by atoms with Gasteiger partial charge in [-0.3, -0.25) is 25.5 Å². The highest BCUT2D eigenvalue weighted by molar-refractivity contribution is 7.89. The third-order valence-electron chi connectivity index (χ3n) is 4.64. The molecule has 0 aliphatic carbocycles. The molecule has 1 aliphatic rings. The van der Waals surface area contributed by atoms with Crippen LogP contribution in [0.5, 0.6) is 0 Å². The second kappa shape index (κ2) is 8.52. The van der Waals surface area contributed by atoms with Crippen molar-refractivity contribution in [2.45, 2.75) is 30.7 Å². The molecule has 162 valence electrons. The van der Waals surface area contributed by atoms with Crippen LogP contribution in [-0.4, -0.2) is 41.4 Å². The minimum atomic E-state index is -4.26. The van der Waals surface area contributed by atoms with Gasteiger partial charge in [0, 0.05) is 18.6 Å². The Morgan fingerprint density at radius 3 is 2.58 bits per heavy atom. The Morgan fingerprint density at radius 2 is 1.94 bits per heavy atom. The van der Waals surface area contributed by atoms with Crippen molar-refractivity contribution in [1.29, 1.82) is 0 Å². The molecule has 1 heterocycles. The molecule has 2 aromatic rings. The number of carbonyl (C=O) groups is 2. The fourth-order valence-electron chi connectivity index (χ4n) is 3.02. The Kier molecular flexibility index (Phi) is 6.02. The Hall–Kier alpha value is -3.80. The fourth-order valence-corrected chi connectivity index (χ4v) is 4.61. The molecule has 1 fully saturated rings. The normalized spacial score (nSPS) is 16.9. The molecule has 1 aliphatic heterocycles. The van der Waals surface area contributed by atoms with E-state index in [1.165, 1.54) is 36.4 Å². The van der Waals surface area contributed by atoms with Crippen molar-refractivity contribution in [2.24, 2.45) is 5.73 Å². The second-order valence-electron chi connectivity index (χ2n) is 6.81. The summed E-state index contributed by atoms with van der Waals surface area (Å²) in [4.78, 5) is 39.8. The van der Waals surface area contributed by atoms with Gasteiger partial charge in [0.05, 0.1) is 15.4 Å². The zero-order valence-electron chi connectivity index (χ0n) is 16.3. The molecule has 12 heteroatoms. The summed E-state index contributed by atoms with van der Waals surface area (Å²) in [6, 6.07) is 9.78. The van der Waals surface area contributed by atoms with E-state index in [0.717, 1.165) is 5.56 Å². The molecule has 3 N–H and O–H groups in total. The van der Waals surface area contributed by atoms with Crippen molar-refractivity contribution < 1.29 is 32.9 Å². The summed E-state index contributed by atoms with van der Waals surface area (Å²) in [5, 5.41) is 13.0.